The fourth-order valence-corrected chi connectivity index (χ4v) is 2.56. The minimum atomic E-state index is -4.70. The Hall–Kier alpha value is -1.92. The average molecular weight is 303 g/mol. The summed E-state index contributed by atoms with van der Waals surface area (Å²) in [6, 6.07) is 5.45. The van der Waals surface area contributed by atoms with Crippen LogP contribution in [0.5, 0.6) is 5.75 Å². The number of nitrogens with zero attached hydrogens (tertiary/aromatic N) is 1. The Bertz CT molecular complexity index is 487. The van der Waals surface area contributed by atoms with E-state index in [0.29, 0.717) is 13.0 Å². The average Bonchev–Trinajstić information content (AvgIpc) is 2.40. The van der Waals surface area contributed by atoms with Crippen LogP contribution in [-0.4, -0.2) is 35.0 Å². The number of carbonyl (C=O) groups is 1. The predicted molar refractivity (Wildman–Crippen MR) is 69.2 cm³/mol. The van der Waals surface area contributed by atoms with E-state index < -0.39 is 12.5 Å². The molecule has 116 valence electrons. The van der Waals surface area contributed by atoms with Crippen LogP contribution < -0.4 is 4.74 Å². The molecule has 0 aliphatic carbocycles. The van der Waals surface area contributed by atoms with E-state index in [9.17, 15) is 18.0 Å². The standard InChI is InChI=1S/C14H16F3NO3/c15-14(16,17)21-12-6-4-10(5-7-12)9-11-3-1-2-8-18(11)13(19)20/h4-7,11H,1-3,8-9H2,(H,19,20). The van der Waals surface area contributed by atoms with Gasteiger partial charge in [0, 0.05) is 12.6 Å². The lowest BCUT2D eigenvalue weighted by atomic mass is 9.96. The molecule has 0 bridgehead atoms. The lowest BCUT2D eigenvalue weighted by Crippen LogP contribution is -2.44. The van der Waals surface area contributed by atoms with Crippen molar-refractivity contribution in [3.63, 3.8) is 0 Å². The van der Waals surface area contributed by atoms with E-state index in [2.05, 4.69) is 4.74 Å². The molecule has 1 aromatic carbocycles. The van der Waals surface area contributed by atoms with Crippen LogP contribution in [0, 0.1) is 0 Å². The molecule has 1 fully saturated rings. The quantitative estimate of drug-likeness (QED) is 0.927. The second-order valence-electron chi connectivity index (χ2n) is 5.02. The third kappa shape index (κ3) is 4.54. The minimum absolute atomic E-state index is 0.120. The number of carboxylic acid groups (broad SMARTS) is 1. The maximum atomic E-state index is 12.1. The van der Waals surface area contributed by atoms with Crippen LogP contribution in [0.25, 0.3) is 0 Å². The summed E-state index contributed by atoms with van der Waals surface area (Å²) in [6.07, 6.45) is -2.57. The Kier molecular flexibility index (Phi) is 4.59. The lowest BCUT2D eigenvalue weighted by molar-refractivity contribution is -0.274. The maximum absolute atomic E-state index is 12.1. The summed E-state index contributed by atoms with van der Waals surface area (Å²) in [4.78, 5) is 12.6. The van der Waals surface area contributed by atoms with Crippen LogP contribution >= 0.6 is 0 Å². The third-order valence-electron chi connectivity index (χ3n) is 3.50. The normalized spacial score (nSPS) is 19.4. The first kappa shape index (κ1) is 15.5. The second-order valence-corrected chi connectivity index (χ2v) is 5.02. The topological polar surface area (TPSA) is 49.8 Å². The van der Waals surface area contributed by atoms with Gasteiger partial charge in [0.05, 0.1) is 0 Å². The zero-order chi connectivity index (χ0) is 15.5. The Morgan fingerprint density at radius 1 is 1.29 bits per heavy atom. The molecule has 0 saturated carbocycles. The van der Waals surface area contributed by atoms with Crippen LogP contribution in [0.3, 0.4) is 0 Å². The molecule has 2 rings (SSSR count). The van der Waals surface area contributed by atoms with E-state index >= 15 is 0 Å². The molecule has 0 spiro atoms. The van der Waals surface area contributed by atoms with E-state index in [4.69, 9.17) is 5.11 Å². The third-order valence-corrected chi connectivity index (χ3v) is 3.50. The molecule has 21 heavy (non-hydrogen) atoms. The molecule has 1 unspecified atom stereocenters. The van der Waals surface area contributed by atoms with Crippen LogP contribution in [0.2, 0.25) is 0 Å². The molecule has 7 heteroatoms. The zero-order valence-corrected chi connectivity index (χ0v) is 11.3. The fraction of sp³-hybridized carbons (Fsp3) is 0.500. The van der Waals surface area contributed by atoms with Crippen molar-refractivity contribution >= 4 is 6.09 Å². The van der Waals surface area contributed by atoms with E-state index in [1.54, 1.807) is 0 Å². The molecule has 1 saturated heterocycles. The lowest BCUT2D eigenvalue weighted by Gasteiger charge is -2.33. The van der Waals surface area contributed by atoms with Gasteiger partial charge in [-0.25, -0.2) is 4.79 Å². The summed E-state index contributed by atoms with van der Waals surface area (Å²) in [5, 5.41) is 9.14. The van der Waals surface area contributed by atoms with Gasteiger partial charge < -0.3 is 14.7 Å². The highest BCUT2D eigenvalue weighted by Crippen LogP contribution is 2.25. The monoisotopic (exact) mass is 303 g/mol. The van der Waals surface area contributed by atoms with Crippen molar-refractivity contribution in [3.8, 4) is 5.75 Å². The number of rotatable bonds is 3. The molecule has 0 radical (unpaired) electrons. The summed E-state index contributed by atoms with van der Waals surface area (Å²) in [5.41, 5.74) is 0.794. The first-order valence-corrected chi connectivity index (χ1v) is 6.69. The highest BCUT2D eigenvalue weighted by Gasteiger charge is 2.31. The largest absolute Gasteiger partial charge is 0.573 e. The van der Waals surface area contributed by atoms with E-state index in [1.807, 2.05) is 0 Å². The molecule has 1 amide bonds. The van der Waals surface area contributed by atoms with Gasteiger partial charge in [-0.3, -0.25) is 0 Å². The Morgan fingerprint density at radius 3 is 2.52 bits per heavy atom. The highest BCUT2D eigenvalue weighted by atomic mass is 19.4. The van der Waals surface area contributed by atoms with E-state index in [1.165, 1.54) is 29.2 Å². The van der Waals surface area contributed by atoms with Crippen LogP contribution in [0.4, 0.5) is 18.0 Å². The molecule has 0 aromatic heterocycles. The van der Waals surface area contributed by atoms with Crippen molar-refractivity contribution in [2.24, 2.45) is 0 Å². The Balaban J connectivity index is 2.00. The molecule has 1 N–H and O–H groups in total. The molecule has 1 atom stereocenters. The first-order valence-electron chi connectivity index (χ1n) is 6.69. The van der Waals surface area contributed by atoms with E-state index in [0.717, 1.165) is 24.8 Å². The van der Waals surface area contributed by atoms with Crippen molar-refractivity contribution in [2.45, 2.75) is 38.1 Å². The van der Waals surface area contributed by atoms with E-state index in [-0.39, 0.29) is 11.8 Å². The molecule has 4 nitrogen and oxygen atoms in total. The Labute approximate surface area is 120 Å². The number of alkyl halides is 3. The van der Waals surface area contributed by atoms with Gasteiger partial charge in [-0.15, -0.1) is 13.2 Å². The van der Waals surface area contributed by atoms with Crippen molar-refractivity contribution in [2.75, 3.05) is 6.54 Å². The zero-order valence-electron chi connectivity index (χ0n) is 11.3. The molecular weight excluding hydrogens is 287 g/mol. The van der Waals surface area contributed by atoms with Gasteiger partial charge >= 0.3 is 12.5 Å². The van der Waals surface area contributed by atoms with Crippen LogP contribution in [0.1, 0.15) is 24.8 Å². The van der Waals surface area contributed by atoms with Gasteiger partial charge in [-0.05, 0) is 43.4 Å². The molecular formula is C14H16F3NO3. The van der Waals surface area contributed by atoms with Gasteiger partial charge in [0.15, 0.2) is 0 Å². The number of amides is 1. The van der Waals surface area contributed by atoms with Crippen molar-refractivity contribution in [3.05, 3.63) is 29.8 Å². The fourth-order valence-electron chi connectivity index (χ4n) is 2.56. The van der Waals surface area contributed by atoms with Crippen LogP contribution in [-0.2, 0) is 6.42 Å². The summed E-state index contributed by atoms with van der Waals surface area (Å²) >= 11 is 0. The van der Waals surface area contributed by atoms with Gasteiger partial charge in [-0.1, -0.05) is 12.1 Å². The summed E-state index contributed by atoms with van der Waals surface area (Å²) in [6.45, 7) is 0.509. The second kappa shape index (κ2) is 6.24. The number of hydrogen-bond acceptors (Lipinski definition) is 2. The predicted octanol–water partition coefficient (Wildman–Crippen LogP) is 3.66. The highest BCUT2D eigenvalue weighted by molar-refractivity contribution is 5.65. The minimum Gasteiger partial charge on any atom is -0.465 e. The number of hydrogen-bond donors (Lipinski definition) is 1. The van der Waals surface area contributed by atoms with Crippen molar-refractivity contribution in [1.29, 1.82) is 0 Å². The molecule has 1 aromatic rings. The number of halogens is 3. The number of likely N-dealkylation sites (tertiary alicyclic amines) is 1. The molecule has 1 heterocycles. The Morgan fingerprint density at radius 2 is 1.95 bits per heavy atom. The van der Waals surface area contributed by atoms with Gasteiger partial charge in [0.2, 0.25) is 0 Å². The summed E-state index contributed by atoms with van der Waals surface area (Å²) in [5.74, 6) is -0.273. The maximum Gasteiger partial charge on any atom is 0.573 e. The SMILES string of the molecule is O=C(O)N1CCCCC1Cc1ccc(OC(F)(F)F)cc1. The molecule has 1 aliphatic rings. The van der Waals surface area contributed by atoms with Crippen molar-refractivity contribution in [1.82, 2.24) is 4.90 Å². The summed E-state index contributed by atoms with van der Waals surface area (Å²) in [7, 11) is 0. The number of piperidine rings is 1. The van der Waals surface area contributed by atoms with Crippen LogP contribution in [0.15, 0.2) is 24.3 Å². The van der Waals surface area contributed by atoms with Gasteiger partial charge in [0.1, 0.15) is 5.75 Å². The summed E-state index contributed by atoms with van der Waals surface area (Å²) < 4.78 is 40.0. The smallest absolute Gasteiger partial charge is 0.465 e. The van der Waals surface area contributed by atoms with Gasteiger partial charge in [-0.2, -0.15) is 0 Å². The van der Waals surface area contributed by atoms with Crippen molar-refractivity contribution < 1.29 is 27.8 Å². The number of ether oxygens (including phenoxy) is 1. The number of benzene rings is 1. The molecule has 1 aliphatic heterocycles. The first-order chi connectivity index (χ1) is 9.85. The van der Waals surface area contributed by atoms with Gasteiger partial charge in [0.25, 0.3) is 0 Å².